The molecule has 1 aromatic carbocycles. The van der Waals surface area contributed by atoms with Crippen LogP contribution in [0.1, 0.15) is 51.4 Å². The fourth-order valence-corrected chi connectivity index (χ4v) is 4.13. The summed E-state index contributed by atoms with van der Waals surface area (Å²) in [7, 11) is 4.00. The lowest BCUT2D eigenvalue weighted by Gasteiger charge is -2.32. The van der Waals surface area contributed by atoms with Crippen molar-refractivity contribution in [3.8, 4) is 0 Å². The molecule has 6 heteroatoms. The molecule has 2 aliphatic carbocycles. The number of hydrogen-bond donors (Lipinski definition) is 4. The Hall–Kier alpha value is -1.40. The summed E-state index contributed by atoms with van der Waals surface area (Å²) in [5.74, 6) is 0. The highest BCUT2D eigenvalue weighted by Crippen LogP contribution is 2.27. The van der Waals surface area contributed by atoms with E-state index in [2.05, 4.69) is 21.3 Å². The molecule has 0 spiro atoms. The lowest BCUT2D eigenvalue weighted by molar-refractivity contribution is 0.369. The number of rotatable bonds is 6. The van der Waals surface area contributed by atoms with Crippen LogP contribution >= 0.6 is 0 Å². The SMILES string of the molecule is CNC1CCC(Nc2c(NC3CCC(NC)CC3)c(=O)c2=O)CC1. The second-order valence-corrected chi connectivity index (χ2v) is 7.37. The Morgan fingerprint density at radius 2 is 0.875 bits per heavy atom. The van der Waals surface area contributed by atoms with E-state index in [-0.39, 0.29) is 10.9 Å². The lowest BCUT2D eigenvalue weighted by atomic mass is 9.90. The van der Waals surface area contributed by atoms with Gasteiger partial charge >= 0.3 is 0 Å². The molecule has 0 heterocycles. The first-order chi connectivity index (χ1) is 11.6. The van der Waals surface area contributed by atoms with E-state index in [9.17, 15) is 9.59 Å². The molecule has 0 radical (unpaired) electrons. The highest BCUT2D eigenvalue weighted by Gasteiger charge is 2.28. The van der Waals surface area contributed by atoms with Gasteiger partial charge in [0.25, 0.3) is 10.9 Å². The quantitative estimate of drug-likeness (QED) is 0.585. The minimum Gasteiger partial charge on any atom is -0.377 e. The molecule has 0 aromatic heterocycles. The molecule has 2 saturated carbocycles. The van der Waals surface area contributed by atoms with Crippen LogP contribution in [0, 0.1) is 0 Å². The molecule has 3 rings (SSSR count). The first-order valence-corrected chi connectivity index (χ1v) is 9.33. The summed E-state index contributed by atoms with van der Waals surface area (Å²) in [4.78, 5) is 23.9. The monoisotopic (exact) mass is 334 g/mol. The lowest BCUT2D eigenvalue weighted by Crippen LogP contribution is -2.44. The molecule has 0 aliphatic heterocycles. The van der Waals surface area contributed by atoms with E-state index in [1.54, 1.807) is 0 Å². The normalized spacial score (nSPS) is 31.1. The van der Waals surface area contributed by atoms with Gasteiger partial charge in [-0.15, -0.1) is 0 Å². The summed E-state index contributed by atoms with van der Waals surface area (Å²) in [5, 5.41) is 13.3. The maximum absolute atomic E-state index is 12.0. The van der Waals surface area contributed by atoms with Crippen LogP contribution in [0.3, 0.4) is 0 Å². The van der Waals surface area contributed by atoms with Crippen LogP contribution in [0.15, 0.2) is 9.59 Å². The first-order valence-electron chi connectivity index (χ1n) is 9.33. The maximum Gasteiger partial charge on any atom is 0.253 e. The largest absolute Gasteiger partial charge is 0.377 e. The number of anilines is 2. The molecular weight excluding hydrogens is 304 g/mol. The Kier molecular flexibility index (Phi) is 5.56. The van der Waals surface area contributed by atoms with Crippen molar-refractivity contribution in [2.45, 2.75) is 75.5 Å². The standard InChI is InChI=1S/C18H30N4O2/c1-19-11-3-7-13(8-4-11)21-15-16(18(24)17(15)23)22-14-9-5-12(20-2)6-10-14/h11-14,19-22H,3-10H2,1-2H3. The van der Waals surface area contributed by atoms with Gasteiger partial charge in [-0.05, 0) is 65.5 Å². The number of nitrogens with one attached hydrogen (secondary N) is 4. The molecule has 0 saturated heterocycles. The Morgan fingerprint density at radius 3 is 1.17 bits per heavy atom. The third kappa shape index (κ3) is 3.64. The second-order valence-electron chi connectivity index (χ2n) is 7.37. The highest BCUT2D eigenvalue weighted by atomic mass is 16.2. The summed E-state index contributed by atoms with van der Waals surface area (Å²) in [6.07, 6.45) is 8.60. The highest BCUT2D eigenvalue weighted by molar-refractivity contribution is 5.74. The second kappa shape index (κ2) is 7.66. The van der Waals surface area contributed by atoms with Crippen molar-refractivity contribution in [2.24, 2.45) is 0 Å². The molecule has 134 valence electrons. The van der Waals surface area contributed by atoms with Gasteiger partial charge in [0.05, 0.1) is 0 Å². The van der Waals surface area contributed by atoms with Crippen LogP contribution in [0.25, 0.3) is 0 Å². The van der Waals surface area contributed by atoms with Crippen molar-refractivity contribution in [1.82, 2.24) is 10.6 Å². The molecule has 0 bridgehead atoms. The molecule has 24 heavy (non-hydrogen) atoms. The van der Waals surface area contributed by atoms with Gasteiger partial charge in [-0.2, -0.15) is 0 Å². The molecule has 0 unspecified atom stereocenters. The van der Waals surface area contributed by atoms with E-state index in [1.165, 1.54) is 0 Å². The van der Waals surface area contributed by atoms with Crippen LogP contribution in [0.4, 0.5) is 11.4 Å². The van der Waals surface area contributed by atoms with Crippen molar-refractivity contribution in [3.63, 3.8) is 0 Å². The van der Waals surface area contributed by atoms with Crippen molar-refractivity contribution < 1.29 is 0 Å². The van der Waals surface area contributed by atoms with Gasteiger partial charge in [0.1, 0.15) is 11.4 Å². The third-order valence-electron chi connectivity index (χ3n) is 5.88. The fraction of sp³-hybridized carbons (Fsp3) is 0.778. The van der Waals surface area contributed by atoms with Crippen molar-refractivity contribution in [1.29, 1.82) is 0 Å². The van der Waals surface area contributed by atoms with Gasteiger partial charge in [0.15, 0.2) is 0 Å². The average molecular weight is 334 g/mol. The zero-order valence-corrected chi connectivity index (χ0v) is 14.8. The Labute approximate surface area is 143 Å². The first kappa shape index (κ1) is 17.4. The average Bonchev–Trinajstić information content (AvgIpc) is 2.65. The fourth-order valence-electron chi connectivity index (χ4n) is 4.13. The summed E-state index contributed by atoms with van der Waals surface area (Å²) >= 11 is 0. The van der Waals surface area contributed by atoms with Crippen LogP contribution < -0.4 is 32.1 Å². The van der Waals surface area contributed by atoms with Crippen molar-refractivity contribution in [3.05, 3.63) is 20.4 Å². The zero-order chi connectivity index (χ0) is 17.1. The van der Waals surface area contributed by atoms with E-state index in [4.69, 9.17) is 0 Å². The molecule has 2 fully saturated rings. The molecule has 2 aliphatic rings. The summed E-state index contributed by atoms with van der Waals surface area (Å²) < 4.78 is 0. The minimum absolute atomic E-state index is 0.304. The molecule has 0 atom stereocenters. The van der Waals surface area contributed by atoms with Gasteiger partial charge in [0, 0.05) is 24.2 Å². The minimum atomic E-state index is -0.350. The van der Waals surface area contributed by atoms with E-state index in [0.29, 0.717) is 35.5 Å². The Morgan fingerprint density at radius 1 is 0.583 bits per heavy atom. The van der Waals surface area contributed by atoms with Gasteiger partial charge < -0.3 is 21.3 Å². The van der Waals surface area contributed by atoms with E-state index in [1.807, 2.05) is 14.1 Å². The van der Waals surface area contributed by atoms with Gasteiger partial charge in [-0.3, -0.25) is 9.59 Å². The zero-order valence-electron chi connectivity index (χ0n) is 14.8. The number of hydrogen-bond acceptors (Lipinski definition) is 6. The molecule has 1 aromatic rings. The molecular formula is C18H30N4O2. The van der Waals surface area contributed by atoms with Crippen molar-refractivity contribution in [2.75, 3.05) is 24.7 Å². The van der Waals surface area contributed by atoms with E-state index < -0.39 is 0 Å². The van der Waals surface area contributed by atoms with Crippen molar-refractivity contribution >= 4 is 11.4 Å². The van der Waals surface area contributed by atoms with Crippen LogP contribution in [-0.2, 0) is 0 Å². The Bertz CT molecular complexity index is 553. The summed E-state index contributed by atoms with van der Waals surface area (Å²) in [5.41, 5.74) is 0.363. The van der Waals surface area contributed by atoms with Gasteiger partial charge in [0.2, 0.25) is 0 Å². The summed E-state index contributed by atoms with van der Waals surface area (Å²) in [6, 6.07) is 1.77. The van der Waals surface area contributed by atoms with Crippen LogP contribution in [0.2, 0.25) is 0 Å². The van der Waals surface area contributed by atoms with E-state index in [0.717, 1.165) is 51.4 Å². The smallest absolute Gasteiger partial charge is 0.253 e. The van der Waals surface area contributed by atoms with Gasteiger partial charge in [-0.25, -0.2) is 0 Å². The molecule has 6 nitrogen and oxygen atoms in total. The molecule has 4 N–H and O–H groups in total. The maximum atomic E-state index is 12.0. The van der Waals surface area contributed by atoms with E-state index >= 15 is 0 Å². The summed E-state index contributed by atoms with van der Waals surface area (Å²) in [6.45, 7) is 0. The van der Waals surface area contributed by atoms with Gasteiger partial charge in [-0.1, -0.05) is 0 Å². The predicted octanol–water partition coefficient (Wildman–Crippen LogP) is 1.17. The predicted molar refractivity (Wildman–Crippen MR) is 98.8 cm³/mol. The molecule has 0 amide bonds. The van der Waals surface area contributed by atoms with Crippen LogP contribution in [0.5, 0.6) is 0 Å². The van der Waals surface area contributed by atoms with Crippen LogP contribution in [-0.4, -0.2) is 38.3 Å². The third-order valence-corrected chi connectivity index (χ3v) is 5.88. The Balaban J connectivity index is 1.57. The topological polar surface area (TPSA) is 82.3 Å².